The summed E-state index contributed by atoms with van der Waals surface area (Å²) in [6.45, 7) is -0.479. The smallest absolute Gasteiger partial charge is 0.342 e. The highest BCUT2D eigenvalue weighted by atomic mass is 31.2. The van der Waals surface area contributed by atoms with Crippen molar-refractivity contribution in [1.82, 2.24) is 0 Å². The molecule has 2 rings (SSSR count). The molecule has 1 aliphatic rings. The molecule has 1 aliphatic carbocycles. The number of aryl methyl sites for hydroxylation is 2. The second-order valence-corrected chi connectivity index (χ2v) is 9.24. The lowest BCUT2D eigenvalue weighted by Crippen LogP contribution is -2.20. The molecule has 7 nitrogen and oxygen atoms in total. The van der Waals surface area contributed by atoms with Crippen LogP contribution in [0.15, 0.2) is 18.2 Å². The zero-order valence-electron chi connectivity index (χ0n) is 11.3. The van der Waals surface area contributed by atoms with E-state index in [2.05, 4.69) is 5.32 Å². The lowest BCUT2D eigenvalue weighted by molar-refractivity contribution is 0.340. The summed E-state index contributed by atoms with van der Waals surface area (Å²) in [4.78, 5) is 36.2. The van der Waals surface area contributed by atoms with Crippen molar-refractivity contribution in [3.05, 3.63) is 29.3 Å². The number of nitrogens with one attached hydrogen (secondary N) is 1. The van der Waals surface area contributed by atoms with E-state index < -0.39 is 27.1 Å². The summed E-state index contributed by atoms with van der Waals surface area (Å²) in [7, 11) is -9.77. The molecule has 0 saturated heterocycles. The van der Waals surface area contributed by atoms with Gasteiger partial charge >= 0.3 is 15.2 Å². The molecular weight excluding hydrogens is 316 g/mol. The van der Waals surface area contributed by atoms with Crippen LogP contribution in [0.5, 0.6) is 0 Å². The van der Waals surface area contributed by atoms with E-state index in [1.54, 1.807) is 6.07 Å². The van der Waals surface area contributed by atoms with Crippen LogP contribution in [0.25, 0.3) is 0 Å². The Bertz CT molecular complexity index is 586. The van der Waals surface area contributed by atoms with Crippen LogP contribution in [0.3, 0.4) is 0 Å². The predicted octanol–water partition coefficient (Wildman–Crippen LogP) is 1.66. The lowest BCUT2D eigenvalue weighted by Gasteiger charge is -2.21. The Morgan fingerprint density at radius 1 is 1.00 bits per heavy atom. The van der Waals surface area contributed by atoms with Crippen LogP contribution in [0, 0.1) is 0 Å². The average Bonchev–Trinajstić information content (AvgIpc) is 2.35. The molecule has 0 saturated carbocycles. The lowest BCUT2D eigenvalue weighted by atomic mass is 9.91. The molecule has 0 aromatic heterocycles. The van der Waals surface area contributed by atoms with Crippen LogP contribution in [0.4, 0.5) is 5.69 Å². The maximum Gasteiger partial charge on any atom is 0.342 e. The zero-order valence-corrected chi connectivity index (χ0v) is 13.1. The Morgan fingerprint density at radius 2 is 1.57 bits per heavy atom. The van der Waals surface area contributed by atoms with E-state index in [9.17, 15) is 9.13 Å². The van der Waals surface area contributed by atoms with Gasteiger partial charge in [0.25, 0.3) is 0 Å². The van der Waals surface area contributed by atoms with Crippen LogP contribution in [0.2, 0.25) is 0 Å². The van der Waals surface area contributed by atoms with Crippen molar-refractivity contribution in [1.29, 1.82) is 0 Å². The maximum atomic E-state index is 11.2. The van der Waals surface area contributed by atoms with Gasteiger partial charge in [-0.25, -0.2) is 0 Å². The highest BCUT2D eigenvalue weighted by Crippen LogP contribution is 2.59. The Kier molecular flexibility index (Phi) is 4.93. The fraction of sp³-hybridized carbons (Fsp3) is 0.500. The summed E-state index contributed by atoms with van der Waals surface area (Å²) in [6.07, 6.45) is 4.22. The summed E-state index contributed by atoms with van der Waals surface area (Å²) >= 11 is 0. The molecular formula is C12H19NO6P2. The normalized spacial score (nSPS) is 15.9. The van der Waals surface area contributed by atoms with Gasteiger partial charge in [-0.2, -0.15) is 0 Å². The van der Waals surface area contributed by atoms with Crippen molar-refractivity contribution < 1.29 is 28.7 Å². The number of fused-ring (bicyclic) bond motifs is 1. The van der Waals surface area contributed by atoms with Gasteiger partial charge in [-0.05, 0) is 48.9 Å². The van der Waals surface area contributed by atoms with E-state index in [1.165, 1.54) is 11.1 Å². The van der Waals surface area contributed by atoms with Gasteiger partial charge in [-0.1, -0.05) is 6.07 Å². The first-order valence-electron chi connectivity index (χ1n) is 6.64. The van der Waals surface area contributed by atoms with Crippen LogP contribution in [-0.2, 0) is 22.0 Å². The second kappa shape index (κ2) is 6.21. The minimum absolute atomic E-state index is 0.479. The van der Waals surface area contributed by atoms with Crippen LogP contribution in [-0.4, -0.2) is 31.5 Å². The molecule has 0 bridgehead atoms. The second-order valence-electron chi connectivity index (χ2n) is 5.23. The molecule has 0 radical (unpaired) electrons. The minimum Gasteiger partial charge on any atom is -0.383 e. The van der Waals surface area contributed by atoms with Crippen molar-refractivity contribution in [2.24, 2.45) is 0 Å². The van der Waals surface area contributed by atoms with Crippen LogP contribution >= 0.6 is 15.2 Å². The van der Waals surface area contributed by atoms with Crippen molar-refractivity contribution >= 4 is 20.9 Å². The van der Waals surface area contributed by atoms with Crippen molar-refractivity contribution in [3.63, 3.8) is 0 Å². The first-order valence-corrected chi connectivity index (χ1v) is 10.0. The van der Waals surface area contributed by atoms with Gasteiger partial charge in [0.1, 0.15) is 0 Å². The fourth-order valence-electron chi connectivity index (χ4n) is 2.49. The summed E-state index contributed by atoms with van der Waals surface area (Å²) < 4.78 is 22.4. The third-order valence-corrected chi connectivity index (χ3v) is 7.34. The van der Waals surface area contributed by atoms with Crippen molar-refractivity contribution in [3.8, 4) is 0 Å². The third-order valence-electron chi connectivity index (χ3n) is 3.61. The van der Waals surface area contributed by atoms with E-state index in [-0.39, 0.29) is 0 Å². The van der Waals surface area contributed by atoms with Gasteiger partial charge in [-0.15, -0.1) is 0 Å². The molecule has 0 fully saturated rings. The summed E-state index contributed by atoms with van der Waals surface area (Å²) in [5.74, 6) is 0. The van der Waals surface area contributed by atoms with E-state index in [4.69, 9.17) is 19.6 Å². The molecule has 0 unspecified atom stereocenters. The molecule has 9 heteroatoms. The molecule has 118 valence electrons. The Morgan fingerprint density at radius 3 is 2.14 bits per heavy atom. The van der Waals surface area contributed by atoms with Gasteiger partial charge in [0.15, 0.2) is 5.40 Å². The number of rotatable bonds is 5. The van der Waals surface area contributed by atoms with Crippen LogP contribution in [0.1, 0.15) is 24.0 Å². The standard InChI is InChI=1S/C12H19NO6P2/c14-20(15,16)12(21(17,18)19)8-13-11-6-5-9-3-1-2-4-10(9)7-11/h5-7,12-13H,1-4,8H2,(H2,14,15,16)(H2,17,18,19). The highest BCUT2D eigenvalue weighted by molar-refractivity contribution is 7.70. The summed E-state index contributed by atoms with van der Waals surface area (Å²) in [5.41, 5.74) is 3.05. The third kappa shape index (κ3) is 4.39. The van der Waals surface area contributed by atoms with E-state index in [0.717, 1.165) is 25.7 Å². The number of hydrogen-bond donors (Lipinski definition) is 5. The Balaban J connectivity index is 2.11. The quantitative estimate of drug-likeness (QED) is 0.518. The number of benzene rings is 1. The SMILES string of the molecule is O=P(O)(O)C(CNc1ccc2c(c1)CCCC2)P(=O)(O)O. The first kappa shape index (κ1) is 16.7. The van der Waals surface area contributed by atoms with E-state index in [0.29, 0.717) is 5.69 Å². The number of hydrogen-bond acceptors (Lipinski definition) is 3. The first-order chi connectivity index (χ1) is 9.68. The van der Waals surface area contributed by atoms with Gasteiger partial charge in [0.05, 0.1) is 0 Å². The molecule has 0 aliphatic heterocycles. The molecule has 1 aromatic carbocycles. The van der Waals surface area contributed by atoms with Gasteiger partial charge in [-0.3, -0.25) is 9.13 Å². The summed E-state index contributed by atoms with van der Waals surface area (Å²) in [6, 6.07) is 5.59. The highest BCUT2D eigenvalue weighted by Gasteiger charge is 2.43. The Hall–Kier alpha value is -0.680. The maximum absolute atomic E-state index is 11.2. The molecule has 0 heterocycles. The van der Waals surface area contributed by atoms with Gasteiger partial charge in [0, 0.05) is 12.2 Å². The topological polar surface area (TPSA) is 127 Å². The molecule has 1 aromatic rings. The largest absolute Gasteiger partial charge is 0.383 e. The zero-order chi connectivity index (χ0) is 15.7. The van der Waals surface area contributed by atoms with Gasteiger partial charge in [0.2, 0.25) is 0 Å². The molecule has 0 atom stereocenters. The minimum atomic E-state index is -4.88. The molecule has 5 N–H and O–H groups in total. The van der Waals surface area contributed by atoms with Crippen LogP contribution < -0.4 is 5.32 Å². The molecule has 21 heavy (non-hydrogen) atoms. The summed E-state index contributed by atoms with van der Waals surface area (Å²) in [5, 5.41) is 0.697. The van der Waals surface area contributed by atoms with Gasteiger partial charge < -0.3 is 24.9 Å². The molecule has 0 spiro atoms. The molecule has 0 amide bonds. The average molecular weight is 335 g/mol. The number of anilines is 1. The van der Waals surface area contributed by atoms with E-state index >= 15 is 0 Å². The monoisotopic (exact) mass is 335 g/mol. The Labute approximate surface area is 122 Å². The van der Waals surface area contributed by atoms with Crippen molar-refractivity contribution in [2.75, 3.05) is 11.9 Å². The predicted molar refractivity (Wildman–Crippen MR) is 79.4 cm³/mol. The van der Waals surface area contributed by atoms with Crippen molar-refractivity contribution in [2.45, 2.75) is 31.1 Å². The van der Waals surface area contributed by atoms with E-state index in [1.807, 2.05) is 12.1 Å². The fourth-order valence-corrected chi connectivity index (χ4v) is 4.71.